The quantitative estimate of drug-likeness (QED) is 0.216. The van der Waals surface area contributed by atoms with Crippen molar-refractivity contribution >= 4 is 0 Å². The van der Waals surface area contributed by atoms with E-state index in [4.69, 9.17) is 0 Å². The normalized spacial score (nSPS) is 13.1. The van der Waals surface area contributed by atoms with Crippen molar-refractivity contribution in [1.82, 2.24) is 9.97 Å². The number of hydrogen-bond donors (Lipinski definition) is 0. The first-order valence-corrected chi connectivity index (χ1v) is 15.1. The summed E-state index contributed by atoms with van der Waals surface area (Å²) in [5.41, 5.74) is 20.2. The lowest BCUT2D eigenvalue weighted by Crippen LogP contribution is -2.29. The van der Waals surface area contributed by atoms with E-state index in [0.29, 0.717) is 0 Å². The van der Waals surface area contributed by atoms with Crippen LogP contribution >= 0.6 is 0 Å². The minimum atomic E-state index is -0.457. The zero-order chi connectivity index (χ0) is 29.9. The molecule has 2 nitrogen and oxygen atoms in total. The lowest BCUT2D eigenvalue weighted by atomic mass is 9.65. The molecule has 0 radical (unpaired) electrons. The number of aryl methyl sites for hydroxylation is 6. The van der Waals surface area contributed by atoms with Crippen molar-refractivity contribution in [3.05, 3.63) is 165 Å². The molecular weight excluding hydrogens is 520 g/mol. The van der Waals surface area contributed by atoms with Gasteiger partial charge in [-0.3, -0.25) is 9.97 Å². The fourth-order valence-electron chi connectivity index (χ4n) is 7.65. The molecule has 0 atom stereocenters. The Morgan fingerprint density at radius 1 is 0.419 bits per heavy atom. The van der Waals surface area contributed by atoms with Crippen molar-refractivity contribution in [2.45, 2.75) is 47.0 Å². The monoisotopic (exact) mass is 556 g/mol. The van der Waals surface area contributed by atoms with E-state index in [0.717, 1.165) is 0 Å². The summed E-state index contributed by atoms with van der Waals surface area (Å²) in [7, 11) is 0. The van der Waals surface area contributed by atoms with E-state index in [2.05, 4.69) is 136 Å². The third-order valence-electron chi connectivity index (χ3n) is 9.32. The minimum absolute atomic E-state index is 0.457. The molecule has 0 amide bonds. The number of hydrogen-bond acceptors (Lipinski definition) is 2. The third kappa shape index (κ3) is 4.16. The summed E-state index contributed by atoms with van der Waals surface area (Å²) in [6.45, 7) is 13.5. The molecule has 0 bridgehead atoms. The maximum absolute atomic E-state index is 4.27. The van der Waals surface area contributed by atoms with Crippen molar-refractivity contribution in [3.63, 3.8) is 0 Å². The second-order valence-corrected chi connectivity index (χ2v) is 12.3. The number of rotatable bonds is 4. The van der Waals surface area contributed by atoms with E-state index < -0.39 is 5.41 Å². The molecule has 1 aliphatic carbocycles. The fourth-order valence-corrected chi connectivity index (χ4v) is 7.65. The van der Waals surface area contributed by atoms with Gasteiger partial charge in [0.15, 0.2) is 0 Å². The van der Waals surface area contributed by atoms with Gasteiger partial charge in [0.1, 0.15) is 0 Å². The fraction of sp³-hybridized carbons (Fsp3) is 0.171. The summed E-state index contributed by atoms with van der Waals surface area (Å²) in [6.07, 6.45) is 7.53. The maximum atomic E-state index is 4.27. The number of nitrogens with zero attached hydrogens (tertiary/aromatic N) is 2. The molecule has 7 rings (SSSR count). The van der Waals surface area contributed by atoms with Crippen LogP contribution in [0.1, 0.15) is 55.6 Å². The third-order valence-corrected chi connectivity index (χ3v) is 9.32. The van der Waals surface area contributed by atoms with E-state index in [1.54, 1.807) is 0 Å². The van der Waals surface area contributed by atoms with E-state index in [1.807, 2.05) is 24.8 Å². The van der Waals surface area contributed by atoms with Crippen molar-refractivity contribution in [1.29, 1.82) is 0 Å². The molecule has 0 unspecified atom stereocenters. The molecule has 2 heteroatoms. The molecule has 4 aromatic carbocycles. The number of fused-ring (bicyclic) bond motifs is 3. The number of aromatic nitrogens is 2. The van der Waals surface area contributed by atoms with Gasteiger partial charge in [-0.15, -0.1) is 0 Å². The van der Waals surface area contributed by atoms with Gasteiger partial charge in [0.05, 0.1) is 5.41 Å². The van der Waals surface area contributed by atoms with E-state index in [9.17, 15) is 0 Å². The first-order chi connectivity index (χ1) is 20.8. The Balaban J connectivity index is 1.59. The second kappa shape index (κ2) is 10.2. The van der Waals surface area contributed by atoms with Crippen LogP contribution in [0.25, 0.3) is 33.4 Å². The SMILES string of the molecule is Cc1ccc2c(c1)C(c1cc(C)c(-c3ccncc3)c(C)c1)(c1cc(C)c(-c3ccncc3)c(C)c1)c1cc(C)ccc1-2. The van der Waals surface area contributed by atoms with E-state index in [-0.39, 0.29) is 0 Å². The molecule has 0 spiro atoms. The topological polar surface area (TPSA) is 25.8 Å². The van der Waals surface area contributed by atoms with Crippen molar-refractivity contribution in [3.8, 4) is 33.4 Å². The van der Waals surface area contributed by atoms with Gasteiger partial charge >= 0.3 is 0 Å². The summed E-state index contributed by atoms with van der Waals surface area (Å²) in [5.74, 6) is 0. The number of benzene rings is 4. The average molecular weight is 557 g/mol. The minimum Gasteiger partial charge on any atom is -0.265 e. The summed E-state index contributed by atoms with van der Waals surface area (Å²) >= 11 is 0. The van der Waals surface area contributed by atoms with Crippen molar-refractivity contribution in [2.75, 3.05) is 0 Å². The van der Waals surface area contributed by atoms with Crippen LogP contribution in [-0.4, -0.2) is 9.97 Å². The maximum Gasteiger partial charge on any atom is 0.0714 e. The Bertz CT molecular complexity index is 1830. The van der Waals surface area contributed by atoms with Crippen LogP contribution in [0.15, 0.2) is 110 Å². The van der Waals surface area contributed by atoms with Crippen LogP contribution in [0.3, 0.4) is 0 Å². The highest BCUT2D eigenvalue weighted by Crippen LogP contribution is 2.57. The highest BCUT2D eigenvalue weighted by molar-refractivity contribution is 5.88. The van der Waals surface area contributed by atoms with Crippen LogP contribution in [0.5, 0.6) is 0 Å². The summed E-state index contributed by atoms with van der Waals surface area (Å²) in [5, 5.41) is 0. The largest absolute Gasteiger partial charge is 0.265 e. The van der Waals surface area contributed by atoms with E-state index >= 15 is 0 Å². The van der Waals surface area contributed by atoms with Crippen LogP contribution in [-0.2, 0) is 5.41 Å². The van der Waals surface area contributed by atoms with Crippen LogP contribution in [0.4, 0.5) is 0 Å². The predicted octanol–water partition coefficient (Wildman–Crippen LogP) is 10.0. The molecule has 1 aliphatic rings. The Morgan fingerprint density at radius 2 is 0.767 bits per heavy atom. The van der Waals surface area contributed by atoms with Crippen molar-refractivity contribution < 1.29 is 0 Å². The molecule has 0 N–H and O–H groups in total. The molecule has 0 fully saturated rings. The van der Waals surface area contributed by atoms with Gasteiger partial charge < -0.3 is 0 Å². The smallest absolute Gasteiger partial charge is 0.0714 e. The van der Waals surface area contributed by atoms with Gasteiger partial charge in [0, 0.05) is 24.8 Å². The highest BCUT2D eigenvalue weighted by Gasteiger charge is 2.47. The molecule has 0 aliphatic heterocycles. The van der Waals surface area contributed by atoms with Crippen LogP contribution in [0, 0.1) is 41.5 Å². The Hall–Kier alpha value is -4.82. The Kier molecular flexibility index (Phi) is 6.39. The molecule has 43 heavy (non-hydrogen) atoms. The standard InChI is InChI=1S/C41H36N2/c1-25-7-9-35-36-10-8-26(2)20-38(36)41(37(35)19-25,33-21-27(3)39(28(4)22-33)31-11-15-42-16-12-31)34-23-29(5)40(30(6)24-34)32-13-17-43-18-14-32/h7-24H,1-6H3. The van der Waals surface area contributed by atoms with Gasteiger partial charge in [0.25, 0.3) is 0 Å². The lowest BCUT2D eigenvalue weighted by molar-refractivity contribution is 0.762. The molecule has 0 saturated heterocycles. The van der Waals surface area contributed by atoms with Gasteiger partial charge in [-0.2, -0.15) is 0 Å². The van der Waals surface area contributed by atoms with Gasteiger partial charge in [0.2, 0.25) is 0 Å². The summed E-state index contributed by atoms with van der Waals surface area (Å²) < 4.78 is 0. The van der Waals surface area contributed by atoms with Crippen LogP contribution < -0.4 is 0 Å². The zero-order valence-electron chi connectivity index (χ0n) is 25.8. The first-order valence-electron chi connectivity index (χ1n) is 15.1. The first kappa shape index (κ1) is 27.0. The Morgan fingerprint density at radius 3 is 1.12 bits per heavy atom. The van der Waals surface area contributed by atoms with Gasteiger partial charge in [-0.25, -0.2) is 0 Å². The second-order valence-electron chi connectivity index (χ2n) is 12.3. The zero-order valence-corrected chi connectivity index (χ0v) is 25.8. The molecule has 2 aromatic heterocycles. The molecule has 6 aromatic rings. The number of pyridine rings is 2. The average Bonchev–Trinajstić information content (AvgIpc) is 3.26. The molecular formula is C41H36N2. The van der Waals surface area contributed by atoms with Crippen LogP contribution in [0.2, 0.25) is 0 Å². The molecule has 0 saturated carbocycles. The van der Waals surface area contributed by atoms with Gasteiger partial charge in [-0.05, 0) is 144 Å². The molecule has 210 valence electrons. The summed E-state index contributed by atoms with van der Waals surface area (Å²) in [4.78, 5) is 8.54. The van der Waals surface area contributed by atoms with E-state index in [1.165, 1.54) is 89.0 Å². The molecule has 2 heterocycles. The predicted molar refractivity (Wildman–Crippen MR) is 179 cm³/mol. The van der Waals surface area contributed by atoms with Crippen molar-refractivity contribution in [2.24, 2.45) is 0 Å². The lowest BCUT2D eigenvalue weighted by Gasteiger charge is -2.36. The summed E-state index contributed by atoms with van der Waals surface area (Å²) in [6, 6.07) is 32.2. The highest BCUT2D eigenvalue weighted by atomic mass is 14.6. The van der Waals surface area contributed by atoms with Gasteiger partial charge in [-0.1, -0.05) is 71.8 Å². The Labute approximate surface area is 255 Å².